The molecular weight excluding hydrogens is 338 g/mol. The third-order valence-electron chi connectivity index (χ3n) is 3.32. The van der Waals surface area contributed by atoms with Crippen molar-refractivity contribution in [1.29, 1.82) is 5.26 Å². The summed E-state index contributed by atoms with van der Waals surface area (Å²) in [6.45, 7) is 2.65. The first-order valence-corrected chi connectivity index (χ1v) is 8.13. The molecule has 2 aromatic rings. The highest BCUT2D eigenvalue weighted by molar-refractivity contribution is 6.31. The molecule has 0 saturated heterocycles. The Labute approximate surface area is 151 Å². The average molecular weight is 356 g/mol. The van der Waals surface area contributed by atoms with E-state index >= 15 is 0 Å². The molecule has 0 fully saturated rings. The summed E-state index contributed by atoms with van der Waals surface area (Å²) in [4.78, 5) is 12.2. The van der Waals surface area contributed by atoms with Gasteiger partial charge in [-0.1, -0.05) is 41.9 Å². The number of carbonyl (C=O) groups excluding carboxylic acids is 1. The minimum absolute atomic E-state index is 0.0432. The molecule has 0 atom stereocenters. The zero-order valence-corrected chi connectivity index (χ0v) is 14.5. The largest absolute Gasteiger partial charge is 0.492 e. The lowest BCUT2D eigenvalue weighted by molar-refractivity contribution is -0.117. The molecule has 2 aromatic carbocycles. The number of nitriles is 1. The van der Waals surface area contributed by atoms with Gasteiger partial charge in [-0.2, -0.15) is 5.26 Å². The molecule has 0 aliphatic carbocycles. The van der Waals surface area contributed by atoms with Gasteiger partial charge in [0.05, 0.1) is 12.3 Å². The SMILES string of the molecule is CCOc1ccccc1N/C=C(/C#N)C(=O)NCc1ccccc1Cl. The normalized spacial score (nSPS) is 10.7. The smallest absolute Gasteiger partial charge is 0.263 e. The molecule has 0 aliphatic rings. The molecule has 1 amide bonds. The number of para-hydroxylation sites is 2. The van der Waals surface area contributed by atoms with Crippen LogP contribution in [0, 0.1) is 11.3 Å². The topological polar surface area (TPSA) is 74.1 Å². The number of hydrogen-bond donors (Lipinski definition) is 2. The molecule has 0 aliphatic heterocycles. The highest BCUT2D eigenvalue weighted by Gasteiger charge is 2.10. The van der Waals surface area contributed by atoms with Gasteiger partial charge in [0.1, 0.15) is 17.4 Å². The molecule has 0 bridgehead atoms. The van der Waals surface area contributed by atoms with E-state index in [4.69, 9.17) is 16.3 Å². The monoisotopic (exact) mass is 355 g/mol. The van der Waals surface area contributed by atoms with Crippen molar-refractivity contribution in [3.05, 3.63) is 70.9 Å². The second kappa shape index (κ2) is 9.36. The van der Waals surface area contributed by atoms with Gasteiger partial charge in [0, 0.05) is 17.8 Å². The first-order valence-electron chi connectivity index (χ1n) is 7.76. The Morgan fingerprint density at radius 2 is 1.96 bits per heavy atom. The third-order valence-corrected chi connectivity index (χ3v) is 3.69. The third kappa shape index (κ3) is 5.27. The quantitative estimate of drug-likeness (QED) is 0.584. The van der Waals surface area contributed by atoms with Crippen LogP contribution in [0.25, 0.3) is 0 Å². The second-order valence-electron chi connectivity index (χ2n) is 5.02. The van der Waals surface area contributed by atoms with E-state index < -0.39 is 5.91 Å². The van der Waals surface area contributed by atoms with E-state index in [1.54, 1.807) is 12.1 Å². The van der Waals surface area contributed by atoms with Crippen LogP contribution in [0.5, 0.6) is 5.75 Å². The van der Waals surface area contributed by atoms with Crippen molar-refractivity contribution in [3.63, 3.8) is 0 Å². The Kier molecular flexibility index (Phi) is 6.87. The van der Waals surface area contributed by atoms with Crippen molar-refractivity contribution in [1.82, 2.24) is 5.32 Å². The van der Waals surface area contributed by atoms with Crippen molar-refractivity contribution in [2.24, 2.45) is 0 Å². The molecule has 6 heteroatoms. The maximum Gasteiger partial charge on any atom is 0.263 e. The molecule has 0 spiro atoms. The van der Waals surface area contributed by atoms with Gasteiger partial charge in [0.25, 0.3) is 5.91 Å². The van der Waals surface area contributed by atoms with Crippen LogP contribution < -0.4 is 15.4 Å². The van der Waals surface area contributed by atoms with Gasteiger partial charge in [-0.25, -0.2) is 0 Å². The molecule has 0 radical (unpaired) electrons. The number of carbonyl (C=O) groups is 1. The summed E-state index contributed by atoms with van der Waals surface area (Å²) in [7, 11) is 0. The average Bonchev–Trinajstić information content (AvgIpc) is 2.63. The van der Waals surface area contributed by atoms with Crippen molar-refractivity contribution in [3.8, 4) is 11.8 Å². The lowest BCUT2D eigenvalue weighted by Crippen LogP contribution is -2.24. The number of nitrogens with zero attached hydrogens (tertiary/aromatic N) is 1. The number of nitrogens with one attached hydrogen (secondary N) is 2. The minimum Gasteiger partial charge on any atom is -0.492 e. The van der Waals surface area contributed by atoms with Crippen LogP contribution in [0.1, 0.15) is 12.5 Å². The summed E-state index contributed by atoms with van der Waals surface area (Å²) in [6.07, 6.45) is 1.36. The van der Waals surface area contributed by atoms with E-state index in [0.717, 1.165) is 5.56 Å². The lowest BCUT2D eigenvalue weighted by Gasteiger charge is -2.10. The molecule has 5 nitrogen and oxygen atoms in total. The number of halogens is 1. The van der Waals surface area contributed by atoms with Crippen molar-refractivity contribution in [2.75, 3.05) is 11.9 Å². The molecule has 0 saturated carbocycles. The van der Waals surface area contributed by atoms with E-state index in [9.17, 15) is 10.1 Å². The molecule has 0 aromatic heterocycles. The Morgan fingerprint density at radius 3 is 2.68 bits per heavy atom. The zero-order valence-electron chi connectivity index (χ0n) is 13.8. The molecule has 2 N–H and O–H groups in total. The molecule has 2 rings (SSSR count). The first-order chi connectivity index (χ1) is 12.2. The lowest BCUT2D eigenvalue weighted by atomic mass is 10.2. The van der Waals surface area contributed by atoms with E-state index in [-0.39, 0.29) is 12.1 Å². The summed E-state index contributed by atoms with van der Waals surface area (Å²) in [5.74, 6) is 0.166. The van der Waals surface area contributed by atoms with Gasteiger partial charge in [0.15, 0.2) is 0 Å². The van der Waals surface area contributed by atoms with Crippen LogP contribution in [-0.4, -0.2) is 12.5 Å². The van der Waals surface area contributed by atoms with Crippen LogP contribution in [-0.2, 0) is 11.3 Å². The van der Waals surface area contributed by atoms with Crippen LogP contribution in [0.15, 0.2) is 60.3 Å². The predicted octanol–water partition coefficient (Wildman–Crippen LogP) is 3.87. The van der Waals surface area contributed by atoms with Gasteiger partial charge in [0.2, 0.25) is 0 Å². The van der Waals surface area contributed by atoms with E-state index in [1.807, 2.05) is 49.4 Å². The second-order valence-corrected chi connectivity index (χ2v) is 5.42. The van der Waals surface area contributed by atoms with Gasteiger partial charge in [-0.05, 0) is 30.7 Å². The van der Waals surface area contributed by atoms with Crippen molar-refractivity contribution >= 4 is 23.2 Å². The molecule has 25 heavy (non-hydrogen) atoms. The van der Waals surface area contributed by atoms with Gasteiger partial charge < -0.3 is 15.4 Å². The number of benzene rings is 2. The van der Waals surface area contributed by atoms with E-state index in [1.165, 1.54) is 6.20 Å². The molecular formula is C19H18ClN3O2. The fourth-order valence-electron chi connectivity index (χ4n) is 2.08. The predicted molar refractivity (Wildman–Crippen MR) is 98.2 cm³/mol. The highest BCUT2D eigenvalue weighted by atomic mass is 35.5. The summed E-state index contributed by atoms with van der Waals surface area (Å²) in [5.41, 5.74) is 1.42. The fraction of sp³-hybridized carbons (Fsp3) is 0.158. The molecule has 0 unspecified atom stereocenters. The summed E-state index contributed by atoms with van der Waals surface area (Å²) < 4.78 is 5.49. The Bertz CT molecular complexity index is 812. The van der Waals surface area contributed by atoms with E-state index in [0.29, 0.717) is 23.1 Å². The Balaban J connectivity index is 2.04. The maximum atomic E-state index is 12.2. The summed E-state index contributed by atoms with van der Waals surface area (Å²) >= 11 is 6.05. The Morgan fingerprint density at radius 1 is 1.24 bits per heavy atom. The minimum atomic E-state index is -0.483. The number of amides is 1. The summed E-state index contributed by atoms with van der Waals surface area (Å²) in [6, 6.07) is 16.4. The van der Waals surface area contributed by atoms with Crippen LogP contribution in [0.2, 0.25) is 5.02 Å². The number of hydrogen-bond acceptors (Lipinski definition) is 4. The van der Waals surface area contributed by atoms with Crippen molar-refractivity contribution in [2.45, 2.75) is 13.5 Å². The Hall–Kier alpha value is -2.97. The number of anilines is 1. The highest BCUT2D eigenvalue weighted by Crippen LogP contribution is 2.23. The first kappa shape index (κ1) is 18.4. The van der Waals surface area contributed by atoms with Gasteiger partial charge in [-0.3, -0.25) is 4.79 Å². The van der Waals surface area contributed by atoms with Crippen LogP contribution in [0.3, 0.4) is 0 Å². The summed E-state index contributed by atoms with van der Waals surface area (Å²) in [5, 5.41) is 15.4. The standard InChI is InChI=1S/C19H18ClN3O2/c1-2-25-18-10-6-5-9-17(18)22-13-15(11-21)19(24)23-12-14-7-3-4-8-16(14)20/h3-10,13,22H,2,12H2,1H3,(H,23,24)/b15-13-. The zero-order chi connectivity index (χ0) is 18.1. The van der Waals surface area contributed by atoms with E-state index in [2.05, 4.69) is 10.6 Å². The number of ether oxygens (including phenoxy) is 1. The fourth-order valence-corrected chi connectivity index (χ4v) is 2.28. The van der Waals surface area contributed by atoms with Crippen molar-refractivity contribution < 1.29 is 9.53 Å². The number of rotatable bonds is 7. The van der Waals surface area contributed by atoms with Crippen LogP contribution in [0.4, 0.5) is 5.69 Å². The maximum absolute atomic E-state index is 12.2. The van der Waals surface area contributed by atoms with Gasteiger partial charge >= 0.3 is 0 Å². The van der Waals surface area contributed by atoms with Crippen LogP contribution >= 0.6 is 11.6 Å². The molecule has 0 heterocycles. The van der Waals surface area contributed by atoms with Gasteiger partial charge in [-0.15, -0.1) is 0 Å². The molecule has 128 valence electrons.